The fraction of sp³-hybridized carbons (Fsp3) is 0.538. The second-order valence-corrected chi connectivity index (χ2v) is 4.26. The van der Waals surface area contributed by atoms with Gasteiger partial charge in [-0.15, -0.1) is 0 Å². The second kappa shape index (κ2) is 6.11. The number of nitrogens with one attached hydrogen (secondary N) is 1. The van der Waals surface area contributed by atoms with Crippen molar-refractivity contribution in [1.29, 1.82) is 0 Å². The molecule has 1 aromatic carbocycles. The van der Waals surface area contributed by atoms with E-state index in [0.717, 1.165) is 25.1 Å². The van der Waals surface area contributed by atoms with Crippen LogP contribution in [0.4, 0.5) is 8.78 Å². The van der Waals surface area contributed by atoms with Crippen LogP contribution in [-0.4, -0.2) is 25.8 Å². The Morgan fingerprint density at radius 3 is 2.67 bits per heavy atom. The quantitative estimate of drug-likeness (QED) is 0.899. The Kier molecular flexibility index (Phi) is 4.49. The van der Waals surface area contributed by atoms with Crippen LogP contribution in [0.3, 0.4) is 0 Å². The molecule has 1 N–H and O–H groups in total. The Labute approximate surface area is 105 Å². The number of hydrogen-bond acceptors (Lipinski definition) is 3. The monoisotopic (exact) mass is 257 g/mol. The van der Waals surface area contributed by atoms with E-state index in [0.29, 0.717) is 0 Å². The summed E-state index contributed by atoms with van der Waals surface area (Å²) in [6.07, 6.45) is 1.14. The second-order valence-electron chi connectivity index (χ2n) is 4.26. The van der Waals surface area contributed by atoms with Gasteiger partial charge in [0.05, 0.1) is 12.2 Å². The summed E-state index contributed by atoms with van der Waals surface area (Å²) < 4.78 is 34.2. The SMILES string of the molecule is CCC1CNCC(c2ccc(OC(F)F)cc2)O1. The molecule has 1 aromatic rings. The van der Waals surface area contributed by atoms with Gasteiger partial charge in [-0.3, -0.25) is 0 Å². The van der Waals surface area contributed by atoms with Crippen LogP contribution < -0.4 is 10.1 Å². The highest BCUT2D eigenvalue weighted by atomic mass is 19.3. The zero-order valence-electron chi connectivity index (χ0n) is 10.2. The molecule has 0 saturated carbocycles. The van der Waals surface area contributed by atoms with E-state index in [1.165, 1.54) is 0 Å². The molecule has 1 saturated heterocycles. The molecule has 0 amide bonds. The van der Waals surface area contributed by atoms with Gasteiger partial charge in [0.25, 0.3) is 0 Å². The van der Waals surface area contributed by atoms with Crippen LogP contribution in [0.15, 0.2) is 24.3 Å². The highest BCUT2D eigenvalue weighted by Crippen LogP contribution is 2.24. The number of benzene rings is 1. The maximum atomic E-state index is 12.0. The van der Waals surface area contributed by atoms with E-state index in [-0.39, 0.29) is 18.0 Å². The molecule has 0 aromatic heterocycles. The molecule has 0 bridgehead atoms. The molecular weight excluding hydrogens is 240 g/mol. The molecule has 0 aliphatic carbocycles. The molecule has 1 aliphatic rings. The maximum Gasteiger partial charge on any atom is 0.387 e. The van der Waals surface area contributed by atoms with Crippen LogP contribution in [0, 0.1) is 0 Å². The zero-order chi connectivity index (χ0) is 13.0. The van der Waals surface area contributed by atoms with Gasteiger partial charge in [-0.1, -0.05) is 19.1 Å². The molecule has 5 heteroatoms. The standard InChI is InChI=1S/C13H17F2NO2/c1-2-10-7-16-8-12(17-10)9-3-5-11(6-4-9)18-13(14)15/h3-6,10,12-13,16H,2,7-8H2,1H3. The molecule has 2 atom stereocenters. The number of rotatable bonds is 4. The lowest BCUT2D eigenvalue weighted by Crippen LogP contribution is -2.40. The van der Waals surface area contributed by atoms with Gasteiger partial charge in [0, 0.05) is 13.1 Å². The molecule has 18 heavy (non-hydrogen) atoms. The lowest BCUT2D eigenvalue weighted by Gasteiger charge is -2.30. The highest BCUT2D eigenvalue weighted by molar-refractivity contribution is 5.29. The first-order chi connectivity index (χ1) is 8.69. The normalized spacial score (nSPS) is 24.2. The van der Waals surface area contributed by atoms with Crippen molar-refractivity contribution < 1.29 is 18.3 Å². The van der Waals surface area contributed by atoms with Gasteiger partial charge in [0.2, 0.25) is 0 Å². The van der Waals surface area contributed by atoms with E-state index in [1.54, 1.807) is 24.3 Å². The van der Waals surface area contributed by atoms with Crippen LogP contribution in [0.1, 0.15) is 25.0 Å². The minimum absolute atomic E-state index is 0.0238. The minimum Gasteiger partial charge on any atom is -0.435 e. The number of halogens is 2. The molecule has 2 rings (SSSR count). The fourth-order valence-electron chi connectivity index (χ4n) is 2.00. The predicted octanol–water partition coefficient (Wildman–Crippen LogP) is 2.73. The van der Waals surface area contributed by atoms with E-state index in [1.807, 2.05) is 0 Å². The van der Waals surface area contributed by atoms with Gasteiger partial charge in [-0.25, -0.2) is 0 Å². The smallest absolute Gasteiger partial charge is 0.387 e. The molecule has 2 unspecified atom stereocenters. The van der Waals surface area contributed by atoms with E-state index >= 15 is 0 Å². The third kappa shape index (κ3) is 3.40. The summed E-state index contributed by atoms with van der Waals surface area (Å²) in [5.74, 6) is 0.171. The van der Waals surface area contributed by atoms with Crippen LogP contribution in [-0.2, 0) is 4.74 Å². The molecule has 1 aliphatic heterocycles. The van der Waals surface area contributed by atoms with Crippen molar-refractivity contribution >= 4 is 0 Å². The Morgan fingerprint density at radius 1 is 1.33 bits per heavy atom. The topological polar surface area (TPSA) is 30.5 Å². The molecule has 0 radical (unpaired) electrons. The summed E-state index contributed by atoms with van der Waals surface area (Å²) in [6, 6.07) is 6.62. The van der Waals surface area contributed by atoms with Crippen molar-refractivity contribution in [2.24, 2.45) is 0 Å². The lowest BCUT2D eigenvalue weighted by atomic mass is 10.1. The lowest BCUT2D eigenvalue weighted by molar-refractivity contribution is -0.0501. The Balaban J connectivity index is 2.00. The summed E-state index contributed by atoms with van der Waals surface area (Å²) in [4.78, 5) is 0. The average molecular weight is 257 g/mol. The molecule has 3 nitrogen and oxygen atoms in total. The van der Waals surface area contributed by atoms with Gasteiger partial charge in [-0.05, 0) is 24.1 Å². The van der Waals surface area contributed by atoms with Crippen molar-refractivity contribution in [2.45, 2.75) is 32.2 Å². The van der Waals surface area contributed by atoms with Crippen molar-refractivity contribution in [3.8, 4) is 5.75 Å². The van der Waals surface area contributed by atoms with Crippen molar-refractivity contribution in [3.05, 3.63) is 29.8 Å². The number of alkyl halides is 2. The summed E-state index contributed by atoms with van der Waals surface area (Å²) in [5.41, 5.74) is 0.974. The van der Waals surface area contributed by atoms with Gasteiger partial charge in [-0.2, -0.15) is 8.78 Å². The number of ether oxygens (including phenoxy) is 2. The van der Waals surface area contributed by atoms with Gasteiger partial charge >= 0.3 is 6.61 Å². The van der Waals surface area contributed by atoms with Crippen LogP contribution in [0.25, 0.3) is 0 Å². The van der Waals surface area contributed by atoms with Crippen molar-refractivity contribution in [1.82, 2.24) is 5.32 Å². The third-order valence-electron chi connectivity index (χ3n) is 2.99. The summed E-state index contributed by atoms with van der Waals surface area (Å²) in [7, 11) is 0. The Bertz CT molecular complexity index is 370. The van der Waals surface area contributed by atoms with Crippen molar-refractivity contribution in [2.75, 3.05) is 13.1 Å². The maximum absolute atomic E-state index is 12.0. The van der Waals surface area contributed by atoms with Crippen molar-refractivity contribution in [3.63, 3.8) is 0 Å². The highest BCUT2D eigenvalue weighted by Gasteiger charge is 2.22. The number of hydrogen-bond donors (Lipinski definition) is 1. The molecule has 1 fully saturated rings. The summed E-state index contributed by atoms with van der Waals surface area (Å²) >= 11 is 0. The first-order valence-electron chi connectivity index (χ1n) is 6.10. The van der Waals surface area contributed by atoms with E-state index in [9.17, 15) is 8.78 Å². The summed E-state index contributed by atoms with van der Waals surface area (Å²) in [6.45, 7) is 0.896. The van der Waals surface area contributed by atoms with E-state index < -0.39 is 6.61 Å². The largest absolute Gasteiger partial charge is 0.435 e. The molecule has 0 spiro atoms. The minimum atomic E-state index is -2.78. The number of morpholine rings is 1. The fourth-order valence-corrected chi connectivity index (χ4v) is 2.00. The van der Waals surface area contributed by atoms with Gasteiger partial charge in [0.1, 0.15) is 5.75 Å². The van der Waals surface area contributed by atoms with Crippen LogP contribution in [0.2, 0.25) is 0 Å². The molecule has 1 heterocycles. The first kappa shape index (κ1) is 13.2. The van der Waals surface area contributed by atoms with Gasteiger partial charge in [0.15, 0.2) is 0 Å². The van der Waals surface area contributed by atoms with Crippen LogP contribution >= 0.6 is 0 Å². The molecular formula is C13H17F2NO2. The van der Waals surface area contributed by atoms with Gasteiger partial charge < -0.3 is 14.8 Å². The Morgan fingerprint density at radius 2 is 2.06 bits per heavy atom. The van der Waals surface area contributed by atoms with E-state index in [4.69, 9.17) is 4.74 Å². The summed E-state index contributed by atoms with van der Waals surface area (Å²) in [5, 5.41) is 3.30. The van der Waals surface area contributed by atoms with Crippen LogP contribution in [0.5, 0.6) is 5.75 Å². The Hall–Kier alpha value is -1.20. The predicted molar refractivity (Wildman–Crippen MR) is 63.8 cm³/mol. The third-order valence-corrected chi connectivity index (χ3v) is 2.99. The van der Waals surface area contributed by atoms with E-state index in [2.05, 4.69) is 17.0 Å². The first-order valence-corrected chi connectivity index (χ1v) is 6.10. The average Bonchev–Trinajstić information content (AvgIpc) is 2.39. The zero-order valence-corrected chi connectivity index (χ0v) is 10.2. The molecule has 100 valence electrons.